The van der Waals surface area contributed by atoms with E-state index >= 15 is 0 Å². The molecule has 1 N–H and O–H groups in total. The van der Waals surface area contributed by atoms with Crippen molar-refractivity contribution in [2.45, 2.75) is 18.3 Å². The molecule has 0 aliphatic heterocycles. The summed E-state index contributed by atoms with van der Waals surface area (Å²) in [5, 5.41) is 3.07. The lowest BCUT2D eigenvalue weighted by molar-refractivity contribution is -0.137. The van der Waals surface area contributed by atoms with E-state index in [0.717, 1.165) is 29.7 Å². The smallest absolute Gasteiger partial charge is 0.298 e. The van der Waals surface area contributed by atoms with Crippen molar-refractivity contribution in [2.75, 3.05) is 11.6 Å². The van der Waals surface area contributed by atoms with Gasteiger partial charge in [-0.2, -0.15) is 13.2 Å². The van der Waals surface area contributed by atoms with E-state index in [9.17, 15) is 26.4 Å². The van der Waals surface area contributed by atoms with Crippen molar-refractivity contribution in [3.8, 4) is 0 Å². The average Bonchev–Trinajstić information content (AvgIpc) is 3.08. The van der Waals surface area contributed by atoms with Gasteiger partial charge in [0.05, 0.1) is 11.3 Å². The lowest BCUT2D eigenvalue weighted by Gasteiger charge is -2.09. The van der Waals surface area contributed by atoms with E-state index in [1.165, 1.54) is 24.4 Å². The van der Waals surface area contributed by atoms with Crippen LogP contribution in [0, 0.1) is 0 Å². The molecule has 3 aromatic rings. The molecular weight excluding hydrogens is 473 g/mol. The number of alkyl halides is 3. The number of rotatable bonds is 6. The fourth-order valence-corrected chi connectivity index (χ4v) is 4.60. The highest BCUT2D eigenvalue weighted by molar-refractivity contribution is 7.89. The first-order valence-corrected chi connectivity index (χ1v) is 12.0. The number of sulfone groups is 1. The number of benzene rings is 2. The van der Waals surface area contributed by atoms with Crippen molar-refractivity contribution in [1.29, 1.82) is 0 Å². The molecule has 1 amide bonds. The molecule has 0 unspecified atom stereocenters. The number of aromatic nitrogens is 1. The van der Waals surface area contributed by atoms with Crippen molar-refractivity contribution >= 4 is 43.8 Å². The van der Waals surface area contributed by atoms with Gasteiger partial charge in [0.15, 0.2) is 15.0 Å². The molecule has 164 valence electrons. The quantitative estimate of drug-likeness (QED) is 0.517. The fourth-order valence-electron chi connectivity index (χ4n) is 2.80. The molecule has 11 heteroatoms. The van der Waals surface area contributed by atoms with Crippen LogP contribution in [0.3, 0.4) is 0 Å². The van der Waals surface area contributed by atoms with E-state index in [0.29, 0.717) is 16.0 Å². The fraction of sp³-hybridized carbons (Fsp3) is 0.200. The van der Waals surface area contributed by atoms with Crippen LogP contribution in [0.15, 0.2) is 48.7 Å². The second-order valence-electron chi connectivity index (χ2n) is 6.84. The van der Waals surface area contributed by atoms with E-state index in [1.54, 1.807) is 12.1 Å². The van der Waals surface area contributed by atoms with Crippen molar-refractivity contribution in [3.05, 3.63) is 80.8 Å². The summed E-state index contributed by atoms with van der Waals surface area (Å²) in [6, 6.07) is 9.32. The van der Waals surface area contributed by atoms with Crippen molar-refractivity contribution in [3.63, 3.8) is 0 Å². The predicted octanol–water partition coefficient (Wildman–Crippen LogP) is 5.20. The van der Waals surface area contributed by atoms with Crippen LogP contribution in [-0.4, -0.2) is 25.6 Å². The molecule has 0 saturated carbocycles. The van der Waals surface area contributed by atoms with E-state index in [2.05, 4.69) is 10.3 Å². The van der Waals surface area contributed by atoms with Gasteiger partial charge in [0.2, 0.25) is 0 Å². The zero-order valence-corrected chi connectivity index (χ0v) is 18.4. The van der Waals surface area contributed by atoms with Crippen molar-refractivity contribution in [2.24, 2.45) is 0 Å². The molecule has 0 radical (unpaired) electrons. The van der Waals surface area contributed by atoms with Gasteiger partial charge in [-0.3, -0.25) is 10.1 Å². The SMILES string of the molecule is CS(=O)(=O)Cc1cccc(C(=O)Nc2ncc(Cc3cc(C(F)(F)F)ccc3Cl)s2)c1. The van der Waals surface area contributed by atoms with Crippen LogP contribution < -0.4 is 5.32 Å². The predicted molar refractivity (Wildman–Crippen MR) is 114 cm³/mol. The first-order valence-electron chi connectivity index (χ1n) is 8.79. The van der Waals surface area contributed by atoms with Gasteiger partial charge in [-0.05, 0) is 41.5 Å². The largest absolute Gasteiger partial charge is 0.416 e. The number of halogens is 4. The molecule has 1 heterocycles. The lowest BCUT2D eigenvalue weighted by atomic mass is 10.1. The Bertz CT molecular complexity index is 1220. The highest BCUT2D eigenvalue weighted by Crippen LogP contribution is 2.33. The summed E-state index contributed by atoms with van der Waals surface area (Å²) in [6.07, 6.45) is -1.79. The zero-order chi connectivity index (χ0) is 22.8. The minimum atomic E-state index is -4.47. The highest BCUT2D eigenvalue weighted by atomic mass is 35.5. The third-order valence-corrected chi connectivity index (χ3v) is 6.27. The number of amides is 1. The second-order valence-corrected chi connectivity index (χ2v) is 10.5. The van der Waals surface area contributed by atoms with Gasteiger partial charge in [0.1, 0.15) is 0 Å². The Morgan fingerprint density at radius 3 is 2.61 bits per heavy atom. The number of hydrogen-bond donors (Lipinski definition) is 1. The number of nitrogens with zero attached hydrogens (tertiary/aromatic N) is 1. The summed E-state index contributed by atoms with van der Waals surface area (Å²) in [5.41, 5.74) is 0.249. The summed E-state index contributed by atoms with van der Waals surface area (Å²) in [4.78, 5) is 17.2. The van der Waals surface area contributed by atoms with Crippen LogP contribution >= 0.6 is 22.9 Å². The molecular formula is C20H16ClF3N2O3S2. The normalized spacial score (nSPS) is 12.0. The van der Waals surface area contributed by atoms with Crippen LogP contribution in [0.2, 0.25) is 5.02 Å². The summed E-state index contributed by atoms with van der Waals surface area (Å²) in [7, 11) is -3.24. The Kier molecular flexibility index (Phi) is 6.73. The third-order valence-electron chi connectivity index (χ3n) is 4.13. The first kappa shape index (κ1) is 23.2. The number of thiazole rings is 1. The molecule has 5 nitrogen and oxygen atoms in total. The maximum absolute atomic E-state index is 12.9. The Balaban J connectivity index is 1.72. The van der Waals surface area contributed by atoms with Crippen LogP contribution in [0.4, 0.5) is 18.3 Å². The Morgan fingerprint density at radius 2 is 1.94 bits per heavy atom. The zero-order valence-electron chi connectivity index (χ0n) is 16.0. The molecule has 2 aromatic carbocycles. The van der Waals surface area contributed by atoms with E-state index in [1.807, 2.05) is 0 Å². The molecule has 0 saturated heterocycles. The van der Waals surface area contributed by atoms with Crippen LogP contribution in [0.5, 0.6) is 0 Å². The van der Waals surface area contributed by atoms with Gasteiger partial charge >= 0.3 is 6.18 Å². The number of carbonyl (C=O) groups excluding carboxylic acids is 1. The first-order chi connectivity index (χ1) is 14.4. The van der Waals surface area contributed by atoms with Gasteiger partial charge in [0, 0.05) is 34.3 Å². The Morgan fingerprint density at radius 1 is 1.19 bits per heavy atom. The number of hydrogen-bond acceptors (Lipinski definition) is 5. The molecule has 0 aliphatic carbocycles. The average molecular weight is 489 g/mol. The lowest BCUT2D eigenvalue weighted by Crippen LogP contribution is -2.12. The minimum Gasteiger partial charge on any atom is -0.298 e. The summed E-state index contributed by atoms with van der Waals surface area (Å²) in [6.45, 7) is 0. The van der Waals surface area contributed by atoms with Crippen LogP contribution in [0.25, 0.3) is 0 Å². The van der Waals surface area contributed by atoms with E-state index in [4.69, 9.17) is 11.6 Å². The molecule has 0 spiro atoms. The van der Waals surface area contributed by atoms with Crippen molar-refractivity contribution in [1.82, 2.24) is 4.98 Å². The van der Waals surface area contributed by atoms with Crippen LogP contribution in [-0.2, 0) is 28.2 Å². The second kappa shape index (κ2) is 8.97. The maximum Gasteiger partial charge on any atom is 0.416 e. The molecule has 0 aliphatic rings. The van der Waals surface area contributed by atoms with Gasteiger partial charge in [0.25, 0.3) is 5.91 Å². The number of anilines is 1. The van der Waals surface area contributed by atoms with Gasteiger partial charge in [-0.15, -0.1) is 11.3 Å². The third kappa shape index (κ3) is 6.52. The number of carbonyl (C=O) groups is 1. The van der Waals surface area contributed by atoms with Gasteiger partial charge < -0.3 is 0 Å². The molecule has 31 heavy (non-hydrogen) atoms. The number of nitrogens with one attached hydrogen (secondary N) is 1. The monoisotopic (exact) mass is 488 g/mol. The summed E-state index contributed by atoms with van der Waals surface area (Å²) < 4.78 is 61.7. The van der Waals surface area contributed by atoms with Crippen LogP contribution in [0.1, 0.15) is 31.9 Å². The molecule has 0 bridgehead atoms. The van der Waals surface area contributed by atoms with Crippen molar-refractivity contribution < 1.29 is 26.4 Å². The molecule has 1 aromatic heterocycles. The van der Waals surface area contributed by atoms with E-state index < -0.39 is 27.5 Å². The summed E-state index contributed by atoms with van der Waals surface area (Å²) >= 11 is 7.14. The topological polar surface area (TPSA) is 76.1 Å². The van der Waals surface area contributed by atoms with Gasteiger partial charge in [-0.1, -0.05) is 23.7 Å². The molecule has 3 rings (SSSR count). The standard InChI is InChI=1S/C20H16ClF3N2O3S2/c1-31(28,29)11-12-3-2-4-13(7-12)18(27)26-19-25-10-16(30-19)9-14-8-15(20(22,23)24)5-6-17(14)21/h2-8,10H,9,11H2,1H3,(H,25,26,27). The molecule has 0 fully saturated rings. The highest BCUT2D eigenvalue weighted by Gasteiger charge is 2.31. The molecule has 0 atom stereocenters. The Hall–Kier alpha value is -2.43. The van der Waals surface area contributed by atoms with Gasteiger partial charge in [-0.25, -0.2) is 13.4 Å². The minimum absolute atomic E-state index is 0.125. The summed E-state index contributed by atoms with van der Waals surface area (Å²) in [5.74, 6) is -0.666. The Labute approximate surface area is 185 Å². The maximum atomic E-state index is 12.9. The van der Waals surface area contributed by atoms with E-state index in [-0.39, 0.29) is 27.9 Å².